The number of pyridine rings is 1. The second kappa shape index (κ2) is 6.97. The van der Waals surface area contributed by atoms with Gasteiger partial charge in [0.05, 0.1) is 0 Å². The number of piperazine rings is 1. The zero-order valence-electron chi connectivity index (χ0n) is 13.6. The maximum atomic E-state index is 13.2. The van der Waals surface area contributed by atoms with Crippen LogP contribution in [0.2, 0.25) is 0 Å². The highest BCUT2D eigenvalue weighted by Crippen LogP contribution is 2.12. The summed E-state index contributed by atoms with van der Waals surface area (Å²) in [5.41, 5.74) is 1.77. The van der Waals surface area contributed by atoms with E-state index in [1.165, 1.54) is 18.2 Å². The number of aryl methyl sites for hydroxylation is 1. The number of benzene rings is 1. The fourth-order valence-electron chi connectivity index (χ4n) is 2.97. The number of amides is 1. The van der Waals surface area contributed by atoms with Gasteiger partial charge >= 0.3 is 0 Å². The number of hydrogen-bond donors (Lipinski definition) is 1. The minimum absolute atomic E-state index is 0.152. The molecule has 126 valence electrons. The van der Waals surface area contributed by atoms with Crippen molar-refractivity contribution in [2.45, 2.75) is 13.5 Å². The molecule has 1 aliphatic rings. The number of hydrogen-bond acceptors (Lipinski definition) is 3. The SMILES string of the molecule is Cc1cc(C(=O)N2CCN(Cc3cccc(F)c3)CC2)[nH]c(=O)c1. The first-order valence-corrected chi connectivity index (χ1v) is 7.98. The van der Waals surface area contributed by atoms with Crippen molar-refractivity contribution < 1.29 is 9.18 Å². The number of H-pyrrole nitrogens is 1. The lowest BCUT2D eigenvalue weighted by molar-refractivity contribution is 0.0622. The zero-order valence-corrected chi connectivity index (χ0v) is 13.6. The van der Waals surface area contributed by atoms with Crippen molar-refractivity contribution in [1.82, 2.24) is 14.8 Å². The van der Waals surface area contributed by atoms with E-state index in [0.717, 1.165) is 24.2 Å². The normalized spacial score (nSPS) is 15.5. The third kappa shape index (κ3) is 3.89. The molecule has 0 unspecified atom stereocenters. The molecule has 24 heavy (non-hydrogen) atoms. The van der Waals surface area contributed by atoms with Crippen LogP contribution in [0.3, 0.4) is 0 Å². The van der Waals surface area contributed by atoms with E-state index in [2.05, 4.69) is 9.88 Å². The standard InChI is InChI=1S/C18H20FN3O2/c1-13-9-16(20-17(23)10-13)18(24)22-7-5-21(6-8-22)12-14-3-2-4-15(19)11-14/h2-4,9-11H,5-8,12H2,1H3,(H,20,23). The van der Waals surface area contributed by atoms with Crippen LogP contribution in [0.5, 0.6) is 0 Å². The van der Waals surface area contributed by atoms with E-state index in [9.17, 15) is 14.0 Å². The number of aromatic nitrogens is 1. The predicted octanol–water partition coefficient (Wildman–Crippen LogP) is 1.78. The van der Waals surface area contributed by atoms with E-state index in [0.29, 0.717) is 25.3 Å². The summed E-state index contributed by atoms with van der Waals surface area (Å²) in [6, 6.07) is 9.74. The van der Waals surface area contributed by atoms with E-state index >= 15 is 0 Å². The maximum Gasteiger partial charge on any atom is 0.270 e. The number of carbonyl (C=O) groups is 1. The molecule has 1 aromatic heterocycles. The van der Waals surface area contributed by atoms with Crippen molar-refractivity contribution in [3.05, 3.63) is 69.4 Å². The van der Waals surface area contributed by atoms with Crippen molar-refractivity contribution in [2.24, 2.45) is 0 Å². The van der Waals surface area contributed by atoms with Gasteiger partial charge in [-0.25, -0.2) is 4.39 Å². The Labute approximate surface area is 139 Å². The summed E-state index contributed by atoms with van der Waals surface area (Å²) < 4.78 is 13.2. The van der Waals surface area contributed by atoms with Gasteiger partial charge in [0, 0.05) is 38.8 Å². The Morgan fingerprint density at radius 3 is 2.58 bits per heavy atom. The van der Waals surface area contributed by atoms with Crippen LogP contribution in [0.25, 0.3) is 0 Å². The van der Waals surface area contributed by atoms with Gasteiger partial charge < -0.3 is 9.88 Å². The van der Waals surface area contributed by atoms with Crippen LogP contribution >= 0.6 is 0 Å². The highest BCUT2D eigenvalue weighted by atomic mass is 19.1. The Hall–Kier alpha value is -2.47. The molecular formula is C18H20FN3O2. The Morgan fingerprint density at radius 1 is 1.17 bits per heavy atom. The molecule has 2 aromatic rings. The number of halogens is 1. The number of nitrogens with one attached hydrogen (secondary N) is 1. The van der Waals surface area contributed by atoms with Gasteiger partial charge in [-0.3, -0.25) is 14.5 Å². The monoisotopic (exact) mass is 329 g/mol. The highest BCUT2D eigenvalue weighted by molar-refractivity contribution is 5.92. The van der Waals surface area contributed by atoms with Crippen molar-refractivity contribution in [2.75, 3.05) is 26.2 Å². The van der Waals surface area contributed by atoms with Gasteiger partial charge in [-0.2, -0.15) is 0 Å². The average molecular weight is 329 g/mol. The van der Waals surface area contributed by atoms with Gasteiger partial charge in [-0.15, -0.1) is 0 Å². The topological polar surface area (TPSA) is 56.4 Å². The molecule has 0 aliphatic carbocycles. The lowest BCUT2D eigenvalue weighted by Gasteiger charge is -2.34. The first kappa shape index (κ1) is 16.4. The van der Waals surface area contributed by atoms with Crippen LogP contribution in [-0.4, -0.2) is 46.9 Å². The predicted molar refractivity (Wildman–Crippen MR) is 89.4 cm³/mol. The Kier molecular flexibility index (Phi) is 4.76. The Bertz CT molecular complexity index is 795. The smallest absolute Gasteiger partial charge is 0.270 e. The molecule has 3 rings (SSSR count). The molecule has 0 saturated carbocycles. The van der Waals surface area contributed by atoms with E-state index in [4.69, 9.17) is 0 Å². The molecule has 2 heterocycles. The highest BCUT2D eigenvalue weighted by Gasteiger charge is 2.22. The summed E-state index contributed by atoms with van der Waals surface area (Å²) in [5, 5.41) is 0. The maximum absolute atomic E-state index is 13.2. The molecule has 1 fully saturated rings. The summed E-state index contributed by atoms with van der Waals surface area (Å²) in [4.78, 5) is 30.6. The van der Waals surface area contributed by atoms with Crippen molar-refractivity contribution >= 4 is 5.91 Å². The van der Waals surface area contributed by atoms with Crippen LogP contribution in [0.4, 0.5) is 4.39 Å². The number of rotatable bonds is 3. The molecule has 1 aromatic carbocycles. The largest absolute Gasteiger partial charge is 0.335 e. The molecule has 1 saturated heterocycles. The number of aromatic amines is 1. The van der Waals surface area contributed by atoms with Gasteiger partial charge in [0.1, 0.15) is 11.5 Å². The Morgan fingerprint density at radius 2 is 1.92 bits per heavy atom. The van der Waals surface area contributed by atoms with Gasteiger partial charge in [0.15, 0.2) is 0 Å². The van der Waals surface area contributed by atoms with Crippen molar-refractivity contribution in [3.8, 4) is 0 Å². The summed E-state index contributed by atoms with van der Waals surface area (Å²) in [6.07, 6.45) is 0. The lowest BCUT2D eigenvalue weighted by Crippen LogP contribution is -2.48. The first-order chi connectivity index (χ1) is 11.5. The van der Waals surface area contributed by atoms with Crippen molar-refractivity contribution in [1.29, 1.82) is 0 Å². The van der Waals surface area contributed by atoms with E-state index in [-0.39, 0.29) is 17.3 Å². The van der Waals surface area contributed by atoms with Crippen LogP contribution in [0.15, 0.2) is 41.2 Å². The van der Waals surface area contributed by atoms with Gasteiger partial charge in [0.25, 0.3) is 5.91 Å². The fraction of sp³-hybridized carbons (Fsp3) is 0.333. The molecule has 0 bridgehead atoms. The zero-order chi connectivity index (χ0) is 17.1. The fourth-order valence-corrected chi connectivity index (χ4v) is 2.97. The molecule has 0 spiro atoms. The average Bonchev–Trinajstić information content (AvgIpc) is 2.54. The molecule has 0 atom stereocenters. The third-order valence-corrected chi connectivity index (χ3v) is 4.17. The summed E-state index contributed by atoms with van der Waals surface area (Å²) in [7, 11) is 0. The second-order valence-electron chi connectivity index (χ2n) is 6.13. The molecule has 0 radical (unpaired) electrons. The van der Waals surface area contributed by atoms with E-state index in [1.807, 2.05) is 6.07 Å². The third-order valence-electron chi connectivity index (χ3n) is 4.17. The van der Waals surface area contributed by atoms with E-state index < -0.39 is 0 Å². The van der Waals surface area contributed by atoms with Crippen LogP contribution in [0, 0.1) is 12.7 Å². The van der Waals surface area contributed by atoms with E-state index in [1.54, 1.807) is 24.0 Å². The second-order valence-corrected chi connectivity index (χ2v) is 6.13. The molecule has 5 nitrogen and oxygen atoms in total. The molecule has 1 amide bonds. The van der Waals surface area contributed by atoms with Crippen molar-refractivity contribution in [3.63, 3.8) is 0 Å². The van der Waals surface area contributed by atoms with Gasteiger partial charge in [-0.05, 0) is 36.2 Å². The quantitative estimate of drug-likeness (QED) is 0.934. The molecule has 6 heteroatoms. The molecular weight excluding hydrogens is 309 g/mol. The summed E-state index contributed by atoms with van der Waals surface area (Å²) in [5.74, 6) is -0.383. The number of carbonyl (C=O) groups excluding carboxylic acids is 1. The van der Waals surface area contributed by atoms with Crippen LogP contribution in [0.1, 0.15) is 21.6 Å². The Balaban J connectivity index is 1.60. The first-order valence-electron chi connectivity index (χ1n) is 7.98. The minimum atomic E-state index is -0.261. The van der Waals surface area contributed by atoms with Gasteiger partial charge in [-0.1, -0.05) is 12.1 Å². The summed E-state index contributed by atoms with van der Waals surface area (Å²) >= 11 is 0. The number of nitrogens with zero attached hydrogens (tertiary/aromatic N) is 2. The van der Waals surface area contributed by atoms with Crippen LogP contribution < -0.4 is 5.56 Å². The molecule has 1 aliphatic heterocycles. The minimum Gasteiger partial charge on any atom is -0.335 e. The lowest BCUT2D eigenvalue weighted by atomic mass is 10.2. The summed E-state index contributed by atoms with van der Waals surface area (Å²) in [6.45, 7) is 5.08. The molecule has 1 N–H and O–H groups in total. The van der Waals surface area contributed by atoms with Crippen LogP contribution in [-0.2, 0) is 6.54 Å². The van der Waals surface area contributed by atoms with Gasteiger partial charge in [0.2, 0.25) is 5.56 Å².